The number of nitrogens with one attached hydrogen (secondary N) is 1. The highest BCUT2D eigenvalue weighted by molar-refractivity contribution is 7.98. The molecular weight excluding hydrogens is 606 g/mol. The van der Waals surface area contributed by atoms with Crippen LogP contribution in [0.4, 0.5) is 4.79 Å². The second kappa shape index (κ2) is 14.8. The molecule has 0 saturated carbocycles. The second-order valence-electron chi connectivity index (χ2n) is 10.3. The third kappa shape index (κ3) is 7.24. The number of pyridine rings is 2. The van der Waals surface area contributed by atoms with Crippen LogP contribution in [-0.4, -0.2) is 84.3 Å². The molecule has 0 saturated heterocycles. The summed E-state index contributed by atoms with van der Waals surface area (Å²) >= 11 is 1.61. The van der Waals surface area contributed by atoms with Crippen LogP contribution in [0.15, 0.2) is 29.1 Å². The molecule has 0 fully saturated rings. The highest BCUT2D eigenvalue weighted by Gasteiger charge is 2.38. The molecule has 13 nitrogen and oxygen atoms in total. The molecule has 5 rings (SSSR count). The molecule has 45 heavy (non-hydrogen) atoms. The van der Waals surface area contributed by atoms with E-state index in [9.17, 15) is 24.3 Å². The number of amides is 1. The van der Waals surface area contributed by atoms with Crippen molar-refractivity contribution >= 4 is 40.7 Å². The molecule has 0 radical (unpaired) electrons. The average molecular weight is 642 g/mol. The number of phenols is 1. The predicted molar refractivity (Wildman–Crippen MR) is 164 cm³/mol. The van der Waals surface area contributed by atoms with Gasteiger partial charge in [-0.25, -0.2) is 14.6 Å². The lowest BCUT2D eigenvalue weighted by Gasteiger charge is -2.24. The van der Waals surface area contributed by atoms with Gasteiger partial charge >= 0.3 is 12.1 Å². The van der Waals surface area contributed by atoms with Crippen molar-refractivity contribution in [3.8, 4) is 17.1 Å². The van der Waals surface area contributed by atoms with Gasteiger partial charge in [-0.3, -0.25) is 9.59 Å². The summed E-state index contributed by atoms with van der Waals surface area (Å²) in [7, 11) is 0. The summed E-state index contributed by atoms with van der Waals surface area (Å²) < 4.78 is 28.0. The highest BCUT2D eigenvalue weighted by Crippen LogP contribution is 2.39. The number of thioether (sulfide) groups is 1. The van der Waals surface area contributed by atoms with Crippen molar-refractivity contribution in [2.24, 2.45) is 0 Å². The molecule has 1 amide bonds. The highest BCUT2D eigenvalue weighted by atomic mass is 32.2. The zero-order valence-electron chi connectivity index (χ0n) is 25.1. The van der Waals surface area contributed by atoms with E-state index < -0.39 is 18.2 Å². The minimum absolute atomic E-state index is 0.0151. The normalized spacial score (nSPS) is 14.8. The van der Waals surface area contributed by atoms with Gasteiger partial charge in [-0.1, -0.05) is 6.92 Å². The first-order valence-corrected chi connectivity index (χ1v) is 16.0. The number of nitrogens with zero attached hydrogens (tertiary/aromatic N) is 2. The van der Waals surface area contributed by atoms with Crippen molar-refractivity contribution in [3.63, 3.8) is 0 Å². The number of aromatic nitrogens is 2. The van der Waals surface area contributed by atoms with Gasteiger partial charge in [0.2, 0.25) is 12.0 Å². The van der Waals surface area contributed by atoms with Gasteiger partial charge in [-0.15, -0.1) is 0 Å². The Bertz CT molecular complexity index is 1660. The van der Waals surface area contributed by atoms with E-state index in [0.717, 1.165) is 22.3 Å². The van der Waals surface area contributed by atoms with Crippen LogP contribution in [0.3, 0.4) is 0 Å². The predicted octanol–water partition coefficient (Wildman–Crippen LogP) is 2.85. The average Bonchev–Trinajstić information content (AvgIpc) is 3.39. The first-order chi connectivity index (χ1) is 21.8. The molecule has 2 aromatic heterocycles. The number of carbonyl (C=O) groups excluding carboxylic acids is 3. The number of carbonyl (C=O) groups is 3. The minimum atomic E-state index is -1.48. The third-order valence-electron chi connectivity index (χ3n) is 7.53. The van der Waals surface area contributed by atoms with Crippen LogP contribution < -0.4 is 10.9 Å². The van der Waals surface area contributed by atoms with E-state index in [4.69, 9.17) is 28.7 Å². The number of benzene rings is 1. The Balaban J connectivity index is 1.17. The number of hydrogen-bond acceptors (Lipinski definition) is 12. The number of rotatable bonds is 14. The van der Waals surface area contributed by atoms with Gasteiger partial charge in [0.05, 0.1) is 55.4 Å². The van der Waals surface area contributed by atoms with Crippen LogP contribution in [0.25, 0.3) is 22.3 Å². The lowest BCUT2D eigenvalue weighted by Crippen LogP contribution is -2.34. The Kier molecular flexibility index (Phi) is 10.6. The first-order valence-electron chi connectivity index (χ1n) is 14.6. The molecule has 4 heterocycles. The maximum Gasteiger partial charge on any atom is 0.509 e. The van der Waals surface area contributed by atoms with Crippen LogP contribution in [0.1, 0.15) is 41.7 Å². The summed E-state index contributed by atoms with van der Waals surface area (Å²) in [5, 5.41) is 13.6. The summed E-state index contributed by atoms with van der Waals surface area (Å²) in [4.78, 5) is 55.1. The van der Waals surface area contributed by atoms with Gasteiger partial charge in [-0.05, 0) is 42.5 Å². The van der Waals surface area contributed by atoms with Gasteiger partial charge in [0, 0.05) is 35.2 Å². The fourth-order valence-corrected chi connectivity index (χ4v) is 5.77. The fraction of sp³-hybridized carbons (Fsp3) is 0.452. The second-order valence-corrected chi connectivity index (χ2v) is 11.3. The number of aromatic hydroxyl groups is 1. The fourth-order valence-electron chi connectivity index (χ4n) is 5.38. The number of ether oxygens (including phenoxy) is 5. The van der Waals surface area contributed by atoms with E-state index in [2.05, 4.69) is 5.32 Å². The number of hydrogen-bond donors (Lipinski definition) is 2. The monoisotopic (exact) mass is 641 g/mol. The standard InChI is InChI=1S/C31H35N3O10S/c1-3-19-20-14-18(35)4-5-24(20)33-27-22(19)16-34-25(27)15-21-23(29(34)37)17-43-30(38)28(21)44-31(39)42-12-11-41-10-9-40-8-7-32-26(36)6-13-45-2/h4-5,14-15,28,35H,3,6-13,16-17H2,1-2H3,(H,32,36)/t28-/m0/s1. The Morgan fingerprint density at radius 2 is 1.89 bits per heavy atom. The maximum absolute atomic E-state index is 13.6. The molecule has 1 aromatic carbocycles. The molecule has 240 valence electrons. The van der Waals surface area contributed by atoms with Gasteiger partial charge in [0.25, 0.3) is 5.56 Å². The van der Waals surface area contributed by atoms with Crippen molar-refractivity contribution in [1.29, 1.82) is 0 Å². The van der Waals surface area contributed by atoms with Gasteiger partial charge in [0.1, 0.15) is 19.0 Å². The van der Waals surface area contributed by atoms with Crippen LogP contribution in [0.5, 0.6) is 5.75 Å². The van der Waals surface area contributed by atoms with E-state index in [1.54, 1.807) is 40.6 Å². The quantitative estimate of drug-likeness (QED) is 0.153. The number of cyclic esters (lactones) is 1. The number of aryl methyl sites for hydroxylation is 1. The maximum atomic E-state index is 13.6. The SMILES string of the molecule is CCc1c2c(nc3ccc(O)cc13)-c1cc3c(c(=O)n1C2)COC(=O)[C@H]3OC(=O)OCCOCCOCCNC(=O)CCSC. The van der Waals surface area contributed by atoms with E-state index in [1.165, 1.54) is 0 Å². The molecular formula is C31H35N3O10S. The largest absolute Gasteiger partial charge is 0.509 e. The van der Waals surface area contributed by atoms with E-state index in [1.807, 2.05) is 13.2 Å². The Labute approximate surface area is 263 Å². The minimum Gasteiger partial charge on any atom is -0.508 e. The van der Waals surface area contributed by atoms with E-state index in [0.29, 0.717) is 49.5 Å². The Hall–Kier alpha value is -4.14. The van der Waals surface area contributed by atoms with Crippen LogP contribution in [0, 0.1) is 0 Å². The summed E-state index contributed by atoms with van der Waals surface area (Å²) in [5.41, 5.74) is 3.67. The molecule has 3 aromatic rings. The van der Waals surface area contributed by atoms with Crippen molar-refractivity contribution < 1.29 is 43.2 Å². The van der Waals surface area contributed by atoms with Gasteiger partial charge in [0.15, 0.2) is 0 Å². The van der Waals surface area contributed by atoms with Gasteiger partial charge in [-0.2, -0.15) is 11.8 Å². The molecule has 0 spiro atoms. The zero-order chi connectivity index (χ0) is 31.9. The lowest BCUT2D eigenvalue weighted by atomic mass is 9.97. The van der Waals surface area contributed by atoms with Crippen molar-refractivity contribution in [2.75, 3.05) is 51.6 Å². The molecule has 0 unspecified atom stereocenters. The number of phenolic OH excluding ortho intramolecular Hbond substituents is 1. The van der Waals surface area contributed by atoms with E-state index in [-0.39, 0.29) is 61.3 Å². The first kappa shape index (κ1) is 32.3. The van der Waals surface area contributed by atoms with Crippen LogP contribution >= 0.6 is 11.8 Å². The van der Waals surface area contributed by atoms with Crippen molar-refractivity contribution in [2.45, 2.75) is 39.0 Å². The van der Waals surface area contributed by atoms with Crippen LogP contribution in [-0.2, 0) is 52.8 Å². The summed E-state index contributed by atoms with van der Waals surface area (Å²) in [6.45, 7) is 3.27. The van der Waals surface area contributed by atoms with E-state index >= 15 is 0 Å². The molecule has 2 aliphatic heterocycles. The Morgan fingerprint density at radius 3 is 2.67 bits per heavy atom. The molecule has 0 aliphatic carbocycles. The summed E-state index contributed by atoms with van der Waals surface area (Å²) in [5.74, 6) is 0.0700. The summed E-state index contributed by atoms with van der Waals surface area (Å²) in [6, 6.07) is 6.59. The van der Waals surface area contributed by atoms with Crippen molar-refractivity contribution in [3.05, 3.63) is 56.9 Å². The molecule has 2 aliphatic rings. The summed E-state index contributed by atoms with van der Waals surface area (Å²) in [6.07, 6.45) is 0.474. The van der Waals surface area contributed by atoms with Crippen LogP contribution in [0.2, 0.25) is 0 Å². The molecule has 14 heteroatoms. The lowest BCUT2D eigenvalue weighted by molar-refractivity contribution is -0.159. The molecule has 0 bridgehead atoms. The smallest absolute Gasteiger partial charge is 0.508 e. The van der Waals surface area contributed by atoms with Crippen molar-refractivity contribution in [1.82, 2.24) is 14.9 Å². The number of fused-ring (bicyclic) bond motifs is 5. The Morgan fingerprint density at radius 1 is 1.11 bits per heavy atom. The third-order valence-corrected chi connectivity index (χ3v) is 8.14. The zero-order valence-corrected chi connectivity index (χ0v) is 25.9. The number of esters is 1. The molecule has 2 N–H and O–H groups in total. The van der Waals surface area contributed by atoms with Gasteiger partial charge < -0.3 is 38.7 Å². The molecule has 1 atom stereocenters. The topological polar surface area (TPSA) is 165 Å².